The normalized spacial score (nSPS) is 12.4. The van der Waals surface area contributed by atoms with Crippen molar-refractivity contribution >= 4 is 0 Å². The summed E-state index contributed by atoms with van der Waals surface area (Å²) in [6.45, 7) is 0.554. The van der Waals surface area contributed by atoms with Crippen molar-refractivity contribution < 1.29 is 22.6 Å². The molecule has 1 atom stereocenters. The van der Waals surface area contributed by atoms with Gasteiger partial charge in [-0.15, -0.1) is 0 Å². The van der Waals surface area contributed by atoms with E-state index in [4.69, 9.17) is 9.47 Å². The molecule has 0 fully saturated rings. The van der Waals surface area contributed by atoms with Crippen LogP contribution in [0.1, 0.15) is 28.3 Å². The minimum atomic E-state index is -4.39. The summed E-state index contributed by atoms with van der Waals surface area (Å²) in [5, 5.41) is 3.38. The first-order valence-electron chi connectivity index (χ1n) is 9.43. The Morgan fingerprint density at radius 2 is 1.63 bits per heavy atom. The van der Waals surface area contributed by atoms with Gasteiger partial charge in [-0.1, -0.05) is 18.2 Å². The van der Waals surface area contributed by atoms with Gasteiger partial charge in [-0.3, -0.25) is 4.98 Å². The number of pyridine rings is 1. The minimum absolute atomic E-state index is 0.393. The van der Waals surface area contributed by atoms with Gasteiger partial charge in [-0.2, -0.15) is 13.2 Å². The number of nitrogens with zero attached hydrogens (tertiary/aromatic N) is 1. The van der Waals surface area contributed by atoms with Crippen LogP contribution in [0.25, 0.3) is 0 Å². The molecule has 0 spiro atoms. The smallest absolute Gasteiger partial charge is 0.416 e. The van der Waals surface area contributed by atoms with Crippen LogP contribution in [0.2, 0.25) is 0 Å². The molecule has 7 heteroatoms. The second kappa shape index (κ2) is 9.63. The SMILES string of the molecule is COc1ccc(CCNC(c2ccncc2)c2cccc(C(F)(F)F)c2)cc1OC. The van der Waals surface area contributed by atoms with E-state index < -0.39 is 17.8 Å². The molecule has 0 bridgehead atoms. The Bertz CT molecular complexity index is 962. The summed E-state index contributed by atoms with van der Waals surface area (Å²) in [4.78, 5) is 4.01. The fraction of sp³-hybridized carbons (Fsp3) is 0.261. The van der Waals surface area contributed by atoms with Gasteiger partial charge >= 0.3 is 6.18 Å². The largest absolute Gasteiger partial charge is 0.493 e. The van der Waals surface area contributed by atoms with Crippen molar-refractivity contribution in [2.75, 3.05) is 20.8 Å². The highest BCUT2D eigenvalue weighted by molar-refractivity contribution is 5.43. The van der Waals surface area contributed by atoms with E-state index in [2.05, 4.69) is 10.3 Å². The van der Waals surface area contributed by atoms with Crippen LogP contribution in [0.4, 0.5) is 13.2 Å². The van der Waals surface area contributed by atoms with Gasteiger partial charge in [0.05, 0.1) is 25.8 Å². The van der Waals surface area contributed by atoms with E-state index in [9.17, 15) is 13.2 Å². The van der Waals surface area contributed by atoms with Gasteiger partial charge in [0.1, 0.15) is 0 Å². The van der Waals surface area contributed by atoms with Crippen molar-refractivity contribution in [2.24, 2.45) is 0 Å². The van der Waals surface area contributed by atoms with Gasteiger partial charge in [0.2, 0.25) is 0 Å². The number of alkyl halides is 3. The monoisotopic (exact) mass is 416 g/mol. The summed E-state index contributed by atoms with van der Waals surface area (Å²) in [7, 11) is 3.15. The number of hydrogen-bond donors (Lipinski definition) is 1. The van der Waals surface area contributed by atoms with E-state index in [1.54, 1.807) is 44.8 Å². The molecule has 0 aliphatic rings. The maximum absolute atomic E-state index is 13.2. The first-order valence-corrected chi connectivity index (χ1v) is 9.43. The average molecular weight is 416 g/mol. The standard InChI is InChI=1S/C23H23F3N2O2/c1-29-20-7-6-16(14-21(20)30-2)8-13-28-22(17-9-11-27-12-10-17)18-4-3-5-19(15-18)23(24,25)26/h3-7,9-12,14-15,22,28H,8,13H2,1-2H3. The zero-order chi connectivity index (χ0) is 21.6. The Morgan fingerprint density at radius 3 is 2.30 bits per heavy atom. The van der Waals surface area contributed by atoms with E-state index in [0.29, 0.717) is 30.0 Å². The summed E-state index contributed by atoms with van der Waals surface area (Å²) in [6, 6.07) is 14.3. The topological polar surface area (TPSA) is 43.4 Å². The van der Waals surface area contributed by atoms with Gasteiger partial charge in [0.15, 0.2) is 11.5 Å². The molecular weight excluding hydrogens is 393 g/mol. The van der Waals surface area contributed by atoms with Crippen LogP contribution in [0, 0.1) is 0 Å². The molecule has 3 aromatic rings. The Labute approximate surface area is 173 Å². The summed E-state index contributed by atoms with van der Waals surface area (Å²) in [5.41, 5.74) is 1.75. The lowest BCUT2D eigenvalue weighted by molar-refractivity contribution is -0.137. The van der Waals surface area contributed by atoms with Crippen LogP contribution < -0.4 is 14.8 Å². The molecule has 0 saturated heterocycles. The first kappa shape index (κ1) is 21.6. The second-order valence-corrected chi connectivity index (χ2v) is 6.73. The molecule has 0 radical (unpaired) electrons. The van der Waals surface area contributed by atoms with Gasteiger partial charge in [-0.25, -0.2) is 0 Å². The Hall–Kier alpha value is -3.06. The molecule has 2 aromatic carbocycles. The number of halogens is 3. The molecule has 4 nitrogen and oxygen atoms in total. The van der Waals surface area contributed by atoms with Gasteiger partial charge in [0.25, 0.3) is 0 Å². The van der Waals surface area contributed by atoms with Crippen LogP contribution >= 0.6 is 0 Å². The van der Waals surface area contributed by atoms with Crippen molar-refractivity contribution in [3.05, 3.63) is 89.2 Å². The highest BCUT2D eigenvalue weighted by Crippen LogP contribution is 2.32. The van der Waals surface area contributed by atoms with E-state index in [1.807, 2.05) is 18.2 Å². The quantitative estimate of drug-likeness (QED) is 0.559. The Balaban J connectivity index is 1.80. The van der Waals surface area contributed by atoms with E-state index in [0.717, 1.165) is 17.2 Å². The van der Waals surface area contributed by atoms with Crippen LogP contribution in [-0.4, -0.2) is 25.7 Å². The minimum Gasteiger partial charge on any atom is -0.493 e. The highest BCUT2D eigenvalue weighted by Gasteiger charge is 2.31. The summed E-state index contributed by atoms with van der Waals surface area (Å²) in [5.74, 6) is 1.28. The molecule has 0 aliphatic carbocycles. The fourth-order valence-corrected chi connectivity index (χ4v) is 3.28. The molecule has 1 aromatic heterocycles. The van der Waals surface area contributed by atoms with E-state index in [1.165, 1.54) is 12.1 Å². The summed E-state index contributed by atoms with van der Waals surface area (Å²) < 4.78 is 50.1. The molecule has 0 amide bonds. The molecule has 0 aliphatic heterocycles. The second-order valence-electron chi connectivity index (χ2n) is 6.73. The summed E-state index contributed by atoms with van der Waals surface area (Å²) in [6.07, 6.45) is -0.461. The number of hydrogen-bond acceptors (Lipinski definition) is 4. The van der Waals surface area contributed by atoms with Gasteiger partial charge < -0.3 is 14.8 Å². The average Bonchev–Trinajstić information content (AvgIpc) is 2.76. The number of ether oxygens (including phenoxy) is 2. The van der Waals surface area contributed by atoms with Gasteiger partial charge in [0, 0.05) is 18.9 Å². The molecule has 30 heavy (non-hydrogen) atoms. The third-order valence-corrected chi connectivity index (χ3v) is 4.80. The Morgan fingerprint density at radius 1 is 0.900 bits per heavy atom. The lowest BCUT2D eigenvalue weighted by Gasteiger charge is -2.21. The van der Waals surface area contributed by atoms with E-state index >= 15 is 0 Å². The predicted molar refractivity (Wildman–Crippen MR) is 109 cm³/mol. The molecule has 158 valence electrons. The van der Waals surface area contributed by atoms with Crippen molar-refractivity contribution in [1.29, 1.82) is 0 Å². The fourth-order valence-electron chi connectivity index (χ4n) is 3.28. The first-order chi connectivity index (χ1) is 14.4. The lowest BCUT2D eigenvalue weighted by Crippen LogP contribution is -2.25. The molecule has 0 saturated carbocycles. The van der Waals surface area contributed by atoms with Crippen LogP contribution in [-0.2, 0) is 12.6 Å². The number of aromatic nitrogens is 1. The lowest BCUT2D eigenvalue weighted by atomic mass is 9.97. The number of nitrogens with one attached hydrogen (secondary N) is 1. The third-order valence-electron chi connectivity index (χ3n) is 4.80. The number of methoxy groups -OCH3 is 2. The predicted octanol–water partition coefficient (Wildman–Crippen LogP) is 5.04. The zero-order valence-electron chi connectivity index (χ0n) is 16.7. The molecule has 1 heterocycles. The van der Waals surface area contributed by atoms with E-state index in [-0.39, 0.29) is 0 Å². The maximum Gasteiger partial charge on any atom is 0.416 e. The number of benzene rings is 2. The van der Waals surface area contributed by atoms with Crippen molar-refractivity contribution in [3.8, 4) is 11.5 Å². The maximum atomic E-state index is 13.2. The van der Waals surface area contributed by atoms with Crippen LogP contribution in [0.3, 0.4) is 0 Å². The number of rotatable bonds is 8. The van der Waals surface area contributed by atoms with Crippen molar-refractivity contribution in [1.82, 2.24) is 10.3 Å². The van der Waals surface area contributed by atoms with Crippen molar-refractivity contribution in [2.45, 2.75) is 18.6 Å². The Kier molecular flexibility index (Phi) is 6.95. The third kappa shape index (κ3) is 5.30. The van der Waals surface area contributed by atoms with Crippen molar-refractivity contribution in [3.63, 3.8) is 0 Å². The molecule has 1 unspecified atom stereocenters. The summed E-state index contributed by atoms with van der Waals surface area (Å²) >= 11 is 0. The molecule has 1 N–H and O–H groups in total. The zero-order valence-corrected chi connectivity index (χ0v) is 16.7. The van der Waals surface area contributed by atoms with Crippen LogP contribution in [0.5, 0.6) is 11.5 Å². The molecular formula is C23H23F3N2O2. The highest BCUT2D eigenvalue weighted by atomic mass is 19.4. The molecule has 3 rings (SSSR count). The van der Waals surface area contributed by atoms with Crippen LogP contribution in [0.15, 0.2) is 67.0 Å². The van der Waals surface area contributed by atoms with Gasteiger partial charge in [-0.05, 0) is 59.5 Å².